The van der Waals surface area contributed by atoms with Gasteiger partial charge in [0, 0.05) is 70.5 Å². The molecule has 0 unspecified atom stereocenters. The fourth-order valence-corrected chi connectivity index (χ4v) is 15.9. The van der Waals surface area contributed by atoms with Crippen LogP contribution in [0, 0.1) is 34.0 Å². The molecule has 3 nitrogen and oxygen atoms in total. The highest BCUT2D eigenvalue weighted by molar-refractivity contribution is 7.31. The molecule has 0 aliphatic heterocycles. The summed E-state index contributed by atoms with van der Waals surface area (Å²) in [5.74, 6) is 0. The van der Waals surface area contributed by atoms with E-state index in [0.29, 0.717) is 0 Å². The number of hydrogen-bond acceptors (Lipinski definition) is 9. The van der Waals surface area contributed by atoms with Crippen LogP contribution in [0.1, 0.15) is 130 Å². The highest BCUT2D eigenvalue weighted by atomic mass is 32.1. The van der Waals surface area contributed by atoms with Crippen LogP contribution in [-0.2, 0) is 38.5 Å². The van der Waals surface area contributed by atoms with Crippen molar-refractivity contribution in [1.29, 1.82) is 15.8 Å². The Labute approximate surface area is 375 Å². The number of thiophene rings is 6. The van der Waals surface area contributed by atoms with Gasteiger partial charge < -0.3 is 0 Å². The fraction of sp³-hybridized carbons (Fsp3) is 0.380. The van der Waals surface area contributed by atoms with Gasteiger partial charge in [-0.05, 0) is 120 Å². The van der Waals surface area contributed by atoms with Gasteiger partial charge in [0.25, 0.3) is 0 Å². The Morgan fingerprint density at radius 2 is 0.780 bits per heavy atom. The van der Waals surface area contributed by atoms with Crippen LogP contribution in [0.25, 0.3) is 60.4 Å². The normalized spacial score (nSPS) is 12.2. The number of nitrogens with zero attached hydrogens (tertiary/aromatic N) is 3. The van der Waals surface area contributed by atoms with E-state index < -0.39 is 0 Å². The van der Waals surface area contributed by atoms with Crippen LogP contribution in [0.4, 0.5) is 0 Å². The number of nitriles is 3. The fourth-order valence-electron chi connectivity index (χ4n) is 7.92. The summed E-state index contributed by atoms with van der Waals surface area (Å²) < 4.78 is 0. The van der Waals surface area contributed by atoms with Gasteiger partial charge in [0.05, 0.1) is 6.07 Å². The summed E-state index contributed by atoms with van der Waals surface area (Å²) in [7, 11) is 0. The summed E-state index contributed by atoms with van der Waals surface area (Å²) in [5, 5.41) is 28.4. The van der Waals surface area contributed by atoms with Gasteiger partial charge in [0.1, 0.15) is 17.7 Å². The van der Waals surface area contributed by atoms with Crippen LogP contribution < -0.4 is 0 Å². The molecule has 0 amide bonds. The molecule has 6 aromatic rings. The van der Waals surface area contributed by atoms with Gasteiger partial charge in [-0.2, -0.15) is 15.8 Å². The van der Waals surface area contributed by atoms with Crippen LogP contribution in [0.2, 0.25) is 0 Å². The summed E-state index contributed by atoms with van der Waals surface area (Å²) in [4.78, 5) is 16.1. The van der Waals surface area contributed by atoms with Crippen molar-refractivity contribution in [2.75, 3.05) is 0 Å². The zero-order valence-electron chi connectivity index (χ0n) is 35.0. The number of allylic oxidation sites excluding steroid dienone is 3. The van der Waals surface area contributed by atoms with Crippen molar-refractivity contribution in [2.24, 2.45) is 0 Å². The average molecular weight is 886 g/mol. The molecule has 7 rings (SSSR count). The van der Waals surface area contributed by atoms with Gasteiger partial charge in [-0.15, -0.1) is 68.0 Å². The molecule has 302 valence electrons. The summed E-state index contributed by atoms with van der Waals surface area (Å²) in [6.45, 7) is 13.7. The zero-order valence-corrected chi connectivity index (χ0v) is 39.9. The van der Waals surface area contributed by atoms with Crippen molar-refractivity contribution in [3.05, 3.63) is 90.7 Å². The summed E-state index contributed by atoms with van der Waals surface area (Å²) >= 11 is 11.5. The van der Waals surface area contributed by atoms with Crippen molar-refractivity contribution in [1.82, 2.24) is 0 Å². The van der Waals surface area contributed by atoms with Gasteiger partial charge in [0.15, 0.2) is 0 Å². The van der Waals surface area contributed by atoms with Crippen molar-refractivity contribution in [3.63, 3.8) is 0 Å². The van der Waals surface area contributed by atoms with E-state index in [4.69, 9.17) is 0 Å². The topological polar surface area (TPSA) is 71.4 Å². The standard InChI is InChI=1S/C50H51N3S6/c1-7-13-31-20-38(19-30(27-51)28-52)54-45(31)41-23-33(15-9-3)47(56-41)43-25-35(17-11-5)49(58-43)50-36(18-12-6)26-44(59-50)48-34(16-10-4)24-42(57-48)46-32(14-8-2)22-40(55-46)39-21-37(39)29-53/h19-20,22-26H,7-18,21H2,1-6H3. The van der Waals surface area contributed by atoms with Gasteiger partial charge in [0.2, 0.25) is 0 Å². The lowest BCUT2D eigenvalue weighted by Crippen LogP contribution is -1.86. The first-order valence-corrected chi connectivity index (χ1v) is 26.1. The molecule has 9 heteroatoms. The molecule has 0 N–H and O–H groups in total. The van der Waals surface area contributed by atoms with Crippen molar-refractivity contribution >= 4 is 79.7 Å². The van der Waals surface area contributed by atoms with E-state index in [1.807, 2.05) is 68.8 Å². The van der Waals surface area contributed by atoms with E-state index in [2.05, 4.69) is 84.0 Å². The Morgan fingerprint density at radius 1 is 0.458 bits per heavy atom. The second-order valence-electron chi connectivity index (χ2n) is 15.4. The minimum atomic E-state index is 0.148. The molecule has 1 aliphatic carbocycles. The minimum Gasteiger partial charge on any atom is -0.193 e. The van der Waals surface area contributed by atoms with E-state index in [1.54, 1.807) is 17.4 Å². The number of hydrogen-bond donors (Lipinski definition) is 0. The van der Waals surface area contributed by atoms with Crippen molar-refractivity contribution in [3.8, 4) is 67.0 Å². The molecule has 0 saturated carbocycles. The molecule has 0 bridgehead atoms. The second kappa shape index (κ2) is 19.7. The number of aryl methyl sites for hydroxylation is 6. The molecule has 0 aromatic carbocycles. The van der Waals surface area contributed by atoms with Crippen LogP contribution >= 0.6 is 68.0 Å². The monoisotopic (exact) mass is 885 g/mol. The Hall–Kier alpha value is -3.85. The minimum absolute atomic E-state index is 0.148. The van der Waals surface area contributed by atoms with Crippen LogP contribution in [-0.4, -0.2) is 0 Å². The molecular weight excluding hydrogens is 835 g/mol. The molecule has 6 heterocycles. The Bertz CT molecular complexity index is 2640. The molecule has 0 atom stereocenters. The van der Waals surface area contributed by atoms with Crippen LogP contribution in [0.15, 0.2) is 47.5 Å². The molecule has 6 aromatic heterocycles. The lowest BCUT2D eigenvalue weighted by Gasteiger charge is -2.03. The zero-order chi connectivity index (χ0) is 41.6. The van der Waals surface area contributed by atoms with E-state index in [-0.39, 0.29) is 5.57 Å². The summed E-state index contributed by atoms with van der Waals surface area (Å²) in [6, 6.07) is 21.0. The van der Waals surface area contributed by atoms with E-state index in [0.717, 1.165) is 93.9 Å². The van der Waals surface area contributed by atoms with Gasteiger partial charge in [-0.3, -0.25) is 0 Å². The summed E-state index contributed by atoms with van der Waals surface area (Å²) in [5.41, 5.74) is 10.9. The number of rotatable bonds is 19. The first-order chi connectivity index (χ1) is 28.8. The Balaban J connectivity index is 1.31. The maximum absolute atomic E-state index is 9.53. The van der Waals surface area contributed by atoms with Crippen molar-refractivity contribution in [2.45, 2.75) is 125 Å². The van der Waals surface area contributed by atoms with E-state index >= 15 is 0 Å². The smallest absolute Gasteiger partial charge is 0.131 e. The Morgan fingerprint density at radius 3 is 1.14 bits per heavy atom. The highest BCUT2D eigenvalue weighted by Gasteiger charge is 2.28. The van der Waals surface area contributed by atoms with Crippen molar-refractivity contribution < 1.29 is 0 Å². The van der Waals surface area contributed by atoms with Crippen LogP contribution in [0.5, 0.6) is 0 Å². The molecule has 1 aliphatic rings. The predicted molar refractivity (Wildman–Crippen MR) is 261 cm³/mol. The quantitative estimate of drug-likeness (QED) is 0.0761. The molecule has 0 radical (unpaired) electrons. The van der Waals surface area contributed by atoms with Crippen LogP contribution in [0.3, 0.4) is 0 Å². The highest BCUT2D eigenvalue weighted by Crippen LogP contribution is 2.53. The third-order valence-corrected chi connectivity index (χ3v) is 18.6. The average Bonchev–Trinajstić information content (AvgIpc) is 3.89. The van der Waals surface area contributed by atoms with E-state index in [9.17, 15) is 15.8 Å². The maximum atomic E-state index is 9.53. The molecule has 0 saturated heterocycles. The van der Waals surface area contributed by atoms with E-state index in [1.165, 1.54) is 92.6 Å². The SMILES string of the molecule is CCCc1cc(C=C(C#N)C#N)sc1-c1cc(CCC)c(-c2cc(CCC)c(-c3sc(-c4sc(-c5sc(C6=C(C#N)C6)cc5CCC)cc4CCC)cc3CCC)s2)s1. The molecule has 0 fully saturated rings. The van der Waals surface area contributed by atoms with Gasteiger partial charge in [-0.1, -0.05) is 80.1 Å². The third kappa shape index (κ3) is 9.25. The lowest BCUT2D eigenvalue weighted by atomic mass is 10.0. The molecule has 0 spiro atoms. The first kappa shape index (κ1) is 43.2. The largest absolute Gasteiger partial charge is 0.193 e. The van der Waals surface area contributed by atoms with Gasteiger partial charge >= 0.3 is 0 Å². The summed E-state index contributed by atoms with van der Waals surface area (Å²) in [6.07, 6.45) is 15.4. The first-order valence-electron chi connectivity index (χ1n) is 21.2. The maximum Gasteiger partial charge on any atom is 0.131 e. The third-order valence-electron chi connectivity index (χ3n) is 10.6. The Kier molecular flexibility index (Phi) is 14.4. The predicted octanol–water partition coefficient (Wildman–Crippen LogP) is 17.2. The molecular formula is C50H51N3S6. The lowest BCUT2D eigenvalue weighted by molar-refractivity contribution is 0.920. The molecule has 59 heavy (non-hydrogen) atoms. The second-order valence-corrected chi connectivity index (χ2v) is 21.7. The van der Waals surface area contributed by atoms with Gasteiger partial charge in [-0.25, -0.2) is 0 Å².